The van der Waals surface area contributed by atoms with Gasteiger partial charge >= 0.3 is 6.18 Å². The van der Waals surface area contributed by atoms with Crippen molar-refractivity contribution in [3.63, 3.8) is 0 Å². The maximum absolute atomic E-state index is 13.5. The van der Waals surface area contributed by atoms with E-state index >= 15 is 0 Å². The van der Waals surface area contributed by atoms with E-state index in [1.54, 1.807) is 29.2 Å². The second-order valence-corrected chi connectivity index (χ2v) is 10.4. The lowest BCUT2D eigenvalue weighted by atomic mass is 10.0. The summed E-state index contributed by atoms with van der Waals surface area (Å²) >= 11 is 0. The summed E-state index contributed by atoms with van der Waals surface area (Å²) in [6.07, 6.45) is 1.08. The molecule has 0 fully saturated rings. The zero-order chi connectivity index (χ0) is 27.1. The van der Waals surface area contributed by atoms with Crippen LogP contribution < -0.4 is 10.2 Å². The standard InChI is InChI=1S/C26H21F3N6O2S/c1-34(2)19-11-13-35(15-19)38(36,37)20-8-6-18(7-9-20)33-25-21-10-5-17(14-23(21)31-16-32-25)24-22(26(27,28)29)4-3-12-30-24/h3-16H,1-2H3,(H,31,32,33). The molecule has 194 valence electrons. The summed E-state index contributed by atoms with van der Waals surface area (Å²) in [7, 11) is -0.126. The van der Waals surface area contributed by atoms with Crippen LogP contribution in [0.2, 0.25) is 0 Å². The fraction of sp³-hybridized carbons (Fsp3) is 0.115. The number of halogens is 3. The summed E-state index contributed by atoms with van der Waals surface area (Å²) in [6, 6.07) is 14.8. The highest BCUT2D eigenvalue weighted by Crippen LogP contribution is 2.37. The second kappa shape index (κ2) is 9.45. The maximum Gasteiger partial charge on any atom is 0.418 e. The molecular formula is C26H21F3N6O2S. The first-order chi connectivity index (χ1) is 18.0. The summed E-state index contributed by atoms with van der Waals surface area (Å²) in [5.74, 6) is 0.412. The summed E-state index contributed by atoms with van der Waals surface area (Å²) in [4.78, 5) is 14.3. The number of rotatable bonds is 6. The minimum Gasteiger partial charge on any atom is -0.376 e. The van der Waals surface area contributed by atoms with Gasteiger partial charge in [-0.25, -0.2) is 22.4 Å². The topological polar surface area (TPSA) is 93.0 Å². The first kappa shape index (κ1) is 25.2. The molecule has 0 aliphatic heterocycles. The Labute approximate surface area is 216 Å². The number of nitrogens with one attached hydrogen (secondary N) is 1. The average Bonchev–Trinajstić information content (AvgIpc) is 3.40. The van der Waals surface area contributed by atoms with Gasteiger partial charge in [-0.3, -0.25) is 4.98 Å². The van der Waals surface area contributed by atoms with Crippen molar-refractivity contribution in [2.24, 2.45) is 0 Å². The van der Waals surface area contributed by atoms with E-state index in [0.29, 0.717) is 22.4 Å². The van der Waals surface area contributed by atoms with Gasteiger partial charge in [-0.1, -0.05) is 6.07 Å². The van der Waals surface area contributed by atoms with Gasteiger partial charge < -0.3 is 10.2 Å². The van der Waals surface area contributed by atoms with Gasteiger partial charge in [0.05, 0.1) is 27.4 Å². The highest BCUT2D eigenvalue weighted by molar-refractivity contribution is 7.90. The molecule has 0 unspecified atom stereocenters. The van der Waals surface area contributed by atoms with Gasteiger partial charge in [0.2, 0.25) is 0 Å². The highest BCUT2D eigenvalue weighted by Gasteiger charge is 2.34. The number of alkyl halides is 3. The van der Waals surface area contributed by atoms with Gasteiger partial charge in [-0.05, 0) is 54.6 Å². The third kappa shape index (κ3) is 4.77. The van der Waals surface area contributed by atoms with Crippen molar-refractivity contribution in [3.05, 3.63) is 91.1 Å². The molecule has 0 aliphatic carbocycles. The minimum absolute atomic E-state index is 0.108. The zero-order valence-corrected chi connectivity index (χ0v) is 21.0. The molecule has 2 aromatic carbocycles. The Morgan fingerprint density at radius 1 is 0.947 bits per heavy atom. The lowest BCUT2D eigenvalue weighted by molar-refractivity contribution is -0.137. The Kier molecular flexibility index (Phi) is 6.27. The number of aromatic nitrogens is 4. The minimum atomic E-state index is -4.55. The molecule has 5 aromatic rings. The maximum atomic E-state index is 13.5. The van der Waals surface area contributed by atoms with Gasteiger partial charge in [0.1, 0.15) is 12.1 Å². The Morgan fingerprint density at radius 2 is 1.71 bits per heavy atom. The van der Waals surface area contributed by atoms with Gasteiger partial charge in [-0.15, -0.1) is 0 Å². The SMILES string of the molecule is CN(C)c1ccn(S(=O)(=O)c2ccc(Nc3ncnc4cc(-c5ncccc5C(F)(F)F)ccc34)cc2)c1. The molecule has 0 spiro atoms. The van der Waals surface area contributed by atoms with Crippen LogP contribution in [0.5, 0.6) is 0 Å². The van der Waals surface area contributed by atoms with Crippen LogP contribution in [0.3, 0.4) is 0 Å². The summed E-state index contributed by atoms with van der Waals surface area (Å²) < 4.78 is 67.5. The molecule has 0 atom stereocenters. The molecule has 0 saturated heterocycles. The number of pyridine rings is 1. The van der Waals surface area contributed by atoms with Crippen molar-refractivity contribution in [3.8, 4) is 11.3 Å². The van der Waals surface area contributed by atoms with Crippen molar-refractivity contribution < 1.29 is 21.6 Å². The van der Waals surface area contributed by atoms with Crippen LogP contribution >= 0.6 is 0 Å². The lowest BCUT2D eigenvalue weighted by Gasteiger charge is -2.13. The lowest BCUT2D eigenvalue weighted by Crippen LogP contribution is -2.12. The second-order valence-electron chi connectivity index (χ2n) is 8.60. The molecule has 3 aromatic heterocycles. The summed E-state index contributed by atoms with van der Waals surface area (Å²) in [6.45, 7) is 0. The Morgan fingerprint density at radius 3 is 2.39 bits per heavy atom. The molecule has 0 radical (unpaired) electrons. The third-order valence-corrected chi connectivity index (χ3v) is 7.53. The van der Waals surface area contributed by atoms with Gasteiger partial charge in [-0.2, -0.15) is 13.2 Å². The van der Waals surface area contributed by atoms with E-state index in [9.17, 15) is 21.6 Å². The van der Waals surface area contributed by atoms with Crippen LogP contribution in [0.1, 0.15) is 5.56 Å². The van der Waals surface area contributed by atoms with E-state index in [4.69, 9.17) is 0 Å². The van der Waals surface area contributed by atoms with Gasteiger partial charge in [0.15, 0.2) is 0 Å². The van der Waals surface area contributed by atoms with E-state index < -0.39 is 21.8 Å². The largest absolute Gasteiger partial charge is 0.418 e. The van der Waals surface area contributed by atoms with Crippen molar-refractivity contribution >= 4 is 38.1 Å². The molecule has 0 amide bonds. The first-order valence-corrected chi connectivity index (χ1v) is 12.7. The quantitative estimate of drug-likeness (QED) is 0.303. The molecule has 38 heavy (non-hydrogen) atoms. The molecule has 3 heterocycles. The molecular weight excluding hydrogens is 517 g/mol. The van der Waals surface area contributed by atoms with Crippen LogP contribution in [0.25, 0.3) is 22.2 Å². The van der Waals surface area contributed by atoms with Crippen molar-refractivity contribution in [2.45, 2.75) is 11.1 Å². The third-order valence-electron chi connectivity index (χ3n) is 5.88. The number of anilines is 3. The number of hydrogen-bond acceptors (Lipinski definition) is 7. The van der Waals surface area contributed by atoms with Crippen LogP contribution in [0.4, 0.5) is 30.4 Å². The molecule has 12 heteroatoms. The Balaban J connectivity index is 1.43. The predicted molar refractivity (Wildman–Crippen MR) is 139 cm³/mol. The highest BCUT2D eigenvalue weighted by atomic mass is 32.2. The molecule has 0 bridgehead atoms. The molecule has 1 N–H and O–H groups in total. The van der Waals surface area contributed by atoms with Crippen molar-refractivity contribution in [2.75, 3.05) is 24.3 Å². The molecule has 0 saturated carbocycles. The fourth-order valence-electron chi connectivity index (χ4n) is 3.92. The van der Waals surface area contributed by atoms with E-state index in [0.717, 1.165) is 15.7 Å². The molecule has 5 rings (SSSR count). The van der Waals surface area contributed by atoms with Gasteiger partial charge in [0.25, 0.3) is 10.0 Å². The number of fused-ring (bicyclic) bond motifs is 1. The van der Waals surface area contributed by atoms with Crippen LogP contribution in [0, 0.1) is 0 Å². The zero-order valence-electron chi connectivity index (χ0n) is 20.2. The van der Waals surface area contributed by atoms with E-state index in [-0.39, 0.29) is 16.2 Å². The average molecular weight is 539 g/mol. The fourth-order valence-corrected chi connectivity index (χ4v) is 5.11. The number of benzene rings is 2. The van der Waals surface area contributed by atoms with Crippen LogP contribution in [-0.2, 0) is 16.2 Å². The molecule has 8 nitrogen and oxygen atoms in total. The number of hydrogen-bond donors (Lipinski definition) is 1. The van der Waals surface area contributed by atoms with E-state index in [1.807, 2.05) is 14.1 Å². The number of nitrogens with zero attached hydrogens (tertiary/aromatic N) is 5. The normalized spacial score (nSPS) is 12.0. The van der Waals surface area contributed by atoms with Crippen molar-refractivity contribution in [1.29, 1.82) is 0 Å². The summed E-state index contributed by atoms with van der Waals surface area (Å²) in [5.41, 5.74) is 0.989. The van der Waals surface area contributed by atoms with Crippen LogP contribution in [0.15, 0.2) is 90.5 Å². The molecule has 0 aliphatic rings. The summed E-state index contributed by atoms with van der Waals surface area (Å²) in [5, 5.41) is 3.69. The first-order valence-electron chi connectivity index (χ1n) is 11.3. The van der Waals surface area contributed by atoms with Gasteiger partial charge in [0, 0.05) is 49.3 Å². The predicted octanol–water partition coefficient (Wildman–Crippen LogP) is 5.56. The van der Waals surface area contributed by atoms with Crippen LogP contribution in [-0.4, -0.2) is 41.4 Å². The monoisotopic (exact) mass is 538 g/mol. The Hall–Kier alpha value is -4.45. The van der Waals surface area contributed by atoms with E-state index in [1.165, 1.54) is 55.2 Å². The smallest absolute Gasteiger partial charge is 0.376 e. The van der Waals surface area contributed by atoms with E-state index in [2.05, 4.69) is 20.3 Å². The Bertz CT molecular complexity index is 1730. The van der Waals surface area contributed by atoms with Crippen molar-refractivity contribution in [1.82, 2.24) is 18.9 Å².